The van der Waals surface area contributed by atoms with E-state index in [9.17, 15) is 4.79 Å². The van der Waals surface area contributed by atoms with Gasteiger partial charge in [-0.05, 0) is 24.3 Å². The van der Waals surface area contributed by atoms with Crippen LogP contribution >= 0.6 is 15.9 Å². The van der Waals surface area contributed by atoms with Crippen LogP contribution in [0.1, 0.15) is 10.4 Å². The molecule has 2 aromatic rings. The molecule has 0 fully saturated rings. The molecule has 0 spiro atoms. The molecule has 0 aliphatic heterocycles. The van der Waals surface area contributed by atoms with Crippen LogP contribution in [0.3, 0.4) is 0 Å². The second-order valence-electron chi connectivity index (χ2n) is 3.40. The van der Waals surface area contributed by atoms with Gasteiger partial charge in [0.15, 0.2) is 5.82 Å². The normalized spacial score (nSPS) is 10.1. The van der Waals surface area contributed by atoms with Crippen LogP contribution in [-0.4, -0.2) is 23.0 Å². The van der Waals surface area contributed by atoms with Crippen LogP contribution in [0.2, 0.25) is 0 Å². The largest absolute Gasteiger partial charge is 0.493 e. The van der Waals surface area contributed by atoms with Crippen molar-refractivity contribution >= 4 is 27.7 Å². The molecule has 0 atom stereocenters. The lowest BCUT2D eigenvalue weighted by Crippen LogP contribution is -2.11. The molecule has 1 amide bonds. The minimum absolute atomic E-state index is 0.240. The summed E-state index contributed by atoms with van der Waals surface area (Å²) in [7, 11) is 0. The van der Waals surface area contributed by atoms with E-state index in [0.717, 1.165) is 11.1 Å². The Kier molecular flexibility index (Phi) is 4.35. The minimum Gasteiger partial charge on any atom is -0.493 e. The Morgan fingerprint density at radius 3 is 2.72 bits per heavy atom. The maximum atomic E-state index is 11.8. The van der Waals surface area contributed by atoms with E-state index in [0.29, 0.717) is 18.0 Å². The highest BCUT2D eigenvalue weighted by Crippen LogP contribution is 2.13. The number of hydrogen-bond donors (Lipinski definition) is 1. The SMILES string of the molecule is O=C(Nc1ccon1)c1ccc(OCCBr)cc1. The number of anilines is 1. The molecule has 0 aliphatic carbocycles. The molecule has 5 nitrogen and oxygen atoms in total. The predicted octanol–water partition coefficient (Wildman–Crippen LogP) is 2.70. The van der Waals surface area contributed by atoms with Gasteiger partial charge in [-0.15, -0.1) is 0 Å². The number of amides is 1. The molecule has 18 heavy (non-hydrogen) atoms. The van der Waals surface area contributed by atoms with Crippen molar-refractivity contribution in [1.82, 2.24) is 5.16 Å². The van der Waals surface area contributed by atoms with Crippen LogP contribution in [0.25, 0.3) is 0 Å². The van der Waals surface area contributed by atoms with Gasteiger partial charge in [-0.1, -0.05) is 21.1 Å². The van der Waals surface area contributed by atoms with Gasteiger partial charge in [0.05, 0.1) is 6.61 Å². The fraction of sp³-hybridized carbons (Fsp3) is 0.167. The van der Waals surface area contributed by atoms with E-state index in [1.807, 2.05) is 0 Å². The number of hydrogen-bond acceptors (Lipinski definition) is 4. The Morgan fingerprint density at radius 2 is 2.11 bits per heavy atom. The number of benzene rings is 1. The van der Waals surface area contributed by atoms with Crippen molar-refractivity contribution in [3.8, 4) is 5.75 Å². The molecular formula is C12H11BrN2O3. The molecule has 94 valence electrons. The third-order valence-corrected chi connectivity index (χ3v) is 2.47. The van der Waals surface area contributed by atoms with E-state index in [1.54, 1.807) is 30.3 Å². The van der Waals surface area contributed by atoms with Crippen LogP contribution in [0.15, 0.2) is 41.1 Å². The van der Waals surface area contributed by atoms with Gasteiger partial charge in [0.25, 0.3) is 5.91 Å². The molecule has 6 heteroatoms. The highest BCUT2D eigenvalue weighted by molar-refractivity contribution is 9.09. The molecule has 2 rings (SSSR count). The standard InChI is InChI=1S/C12H11BrN2O3/c13-6-8-17-10-3-1-9(2-4-10)12(16)14-11-5-7-18-15-11/h1-5,7H,6,8H2,(H,14,15,16). The first-order valence-electron chi connectivity index (χ1n) is 5.30. The second-order valence-corrected chi connectivity index (χ2v) is 4.19. The maximum absolute atomic E-state index is 11.8. The predicted molar refractivity (Wildman–Crippen MR) is 70.2 cm³/mol. The van der Waals surface area contributed by atoms with Crippen LogP contribution in [0.4, 0.5) is 5.82 Å². The van der Waals surface area contributed by atoms with Gasteiger partial charge < -0.3 is 14.6 Å². The number of ether oxygens (including phenoxy) is 1. The number of aromatic nitrogens is 1. The lowest BCUT2D eigenvalue weighted by molar-refractivity contribution is 0.102. The molecule has 0 saturated carbocycles. The summed E-state index contributed by atoms with van der Waals surface area (Å²) in [6.45, 7) is 0.588. The average molecular weight is 311 g/mol. The Morgan fingerprint density at radius 1 is 1.33 bits per heavy atom. The number of carbonyl (C=O) groups is 1. The van der Waals surface area contributed by atoms with Crippen LogP contribution in [0.5, 0.6) is 5.75 Å². The second kappa shape index (κ2) is 6.20. The van der Waals surface area contributed by atoms with Gasteiger partial charge in [0.1, 0.15) is 12.0 Å². The molecule has 1 heterocycles. The molecular weight excluding hydrogens is 300 g/mol. The molecule has 0 unspecified atom stereocenters. The number of alkyl halides is 1. The quantitative estimate of drug-likeness (QED) is 0.862. The van der Waals surface area contributed by atoms with E-state index >= 15 is 0 Å². The fourth-order valence-corrected chi connectivity index (χ4v) is 1.49. The fourth-order valence-electron chi connectivity index (χ4n) is 1.32. The van der Waals surface area contributed by atoms with Gasteiger partial charge in [-0.3, -0.25) is 4.79 Å². The van der Waals surface area contributed by atoms with Gasteiger partial charge in [-0.25, -0.2) is 0 Å². The topological polar surface area (TPSA) is 64.4 Å². The van der Waals surface area contributed by atoms with Crippen molar-refractivity contribution in [2.45, 2.75) is 0 Å². The zero-order valence-corrected chi connectivity index (χ0v) is 11.0. The van der Waals surface area contributed by atoms with E-state index in [4.69, 9.17) is 4.74 Å². The first-order chi connectivity index (χ1) is 8.79. The Bertz CT molecular complexity index is 497. The summed E-state index contributed by atoms with van der Waals surface area (Å²) in [5.41, 5.74) is 0.532. The maximum Gasteiger partial charge on any atom is 0.256 e. The van der Waals surface area contributed by atoms with E-state index in [2.05, 4.69) is 30.9 Å². The monoisotopic (exact) mass is 310 g/mol. The molecule has 1 aromatic carbocycles. The molecule has 0 saturated heterocycles. The van der Waals surface area contributed by atoms with Crippen LogP contribution < -0.4 is 10.1 Å². The van der Waals surface area contributed by atoms with Gasteiger partial charge in [-0.2, -0.15) is 0 Å². The van der Waals surface area contributed by atoms with E-state index < -0.39 is 0 Å². The molecule has 1 N–H and O–H groups in total. The van der Waals surface area contributed by atoms with Gasteiger partial charge in [0.2, 0.25) is 0 Å². The summed E-state index contributed by atoms with van der Waals surface area (Å²) in [6, 6.07) is 8.46. The summed E-state index contributed by atoms with van der Waals surface area (Å²) in [4.78, 5) is 11.8. The summed E-state index contributed by atoms with van der Waals surface area (Å²) < 4.78 is 10.0. The third-order valence-electron chi connectivity index (χ3n) is 2.14. The summed E-state index contributed by atoms with van der Waals surface area (Å²) in [6.07, 6.45) is 1.40. The van der Waals surface area contributed by atoms with Crippen LogP contribution in [-0.2, 0) is 0 Å². The first kappa shape index (κ1) is 12.6. The number of nitrogens with zero attached hydrogens (tertiary/aromatic N) is 1. The zero-order valence-electron chi connectivity index (χ0n) is 9.43. The van der Waals surface area contributed by atoms with Crippen molar-refractivity contribution in [3.63, 3.8) is 0 Å². The Labute approximate surface area is 112 Å². The lowest BCUT2D eigenvalue weighted by Gasteiger charge is -2.05. The average Bonchev–Trinajstić information content (AvgIpc) is 2.89. The highest BCUT2D eigenvalue weighted by Gasteiger charge is 2.07. The summed E-state index contributed by atoms with van der Waals surface area (Å²) >= 11 is 3.27. The van der Waals surface area contributed by atoms with Gasteiger partial charge >= 0.3 is 0 Å². The first-order valence-corrected chi connectivity index (χ1v) is 6.42. The van der Waals surface area contributed by atoms with Crippen molar-refractivity contribution in [1.29, 1.82) is 0 Å². The van der Waals surface area contributed by atoms with Crippen molar-refractivity contribution in [3.05, 3.63) is 42.2 Å². The molecule has 0 radical (unpaired) electrons. The molecule has 1 aromatic heterocycles. The lowest BCUT2D eigenvalue weighted by atomic mass is 10.2. The number of nitrogens with one attached hydrogen (secondary N) is 1. The Hall–Kier alpha value is -1.82. The zero-order chi connectivity index (χ0) is 12.8. The van der Waals surface area contributed by atoms with Crippen molar-refractivity contribution in [2.75, 3.05) is 17.3 Å². The summed E-state index contributed by atoms with van der Waals surface area (Å²) in [5.74, 6) is 0.878. The summed E-state index contributed by atoms with van der Waals surface area (Å²) in [5, 5.41) is 6.98. The van der Waals surface area contributed by atoms with E-state index in [-0.39, 0.29) is 5.91 Å². The number of carbonyl (C=O) groups excluding carboxylic acids is 1. The Balaban J connectivity index is 1.98. The number of halogens is 1. The highest BCUT2D eigenvalue weighted by atomic mass is 79.9. The van der Waals surface area contributed by atoms with Crippen LogP contribution in [0, 0.1) is 0 Å². The smallest absolute Gasteiger partial charge is 0.256 e. The minimum atomic E-state index is -0.240. The molecule has 0 aliphatic rings. The van der Waals surface area contributed by atoms with Crippen molar-refractivity contribution < 1.29 is 14.1 Å². The number of rotatable bonds is 5. The van der Waals surface area contributed by atoms with Crippen molar-refractivity contribution in [2.24, 2.45) is 0 Å². The van der Waals surface area contributed by atoms with E-state index in [1.165, 1.54) is 6.26 Å². The third kappa shape index (κ3) is 3.33. The van der Waals surface area contributed by atoms with Gasteiger partial charge in [0, 0.05) is 17.0 Å². The molecule has 0 bridgehead atoms.